The van der Waals surface area contributed by atoms with Crippen LogP contribution in [0.25, 0.3) is 0 Å². The van der Waals surface area contributed by atoms with Crippen molar-refractivity contribution in [2.24, 2.45) is 11.7 Å². The van der Waals surface area contributed by atoms with Crippen LogP contribution >= 0.6 is 0 Å². The fourth-order valence-corrected chi connectivity index (χ4v) is 4.19. The molecule has 154 valence electrons. The van der Waals surface area contributed by atoms with Crippen molar-refractivity contribution in [2.45, 2.75) is 76.4 Å². The average molecular weight is 387 g/mol. The number of nitrogens with one attached hydrogen (secondary N) is 2. The van der Waals surface area contributed by atoms with Crippen molar-refractivity contribution in [3.63, 3.8) is 0 Å². The Morgan fingerprint density at radius 3 is 2.29 bits per heavy atom. The number of urea groups is 1. The highest BCUT2D eigenvalue weighted by Gasteiger charge is 2.34. The minimum absolute atomic E-state index is 0.0781. The quantitative estimate of drug-likeness (QED) is 0.701. The number of amides is 3. The Balaban J connectivity index is 1.41. The molecule has 4 N–H and O–H groups in total. The van der Waals surface area contributed by atoms with Crippen LogP contribution in [-0.4, -0.2) is 42.0 Å². The van der Waals surface area contributed by atoms with Gasteiger partial charge < -0.3 is 21.3 Å². The van der Waals surface area contributed by atoms with Gasteiger partial charge in [0.05, 0.1) is 6.04 Å². The molecule has 0 radical (unpaired) electrons. The molecule has 0 aromatic heterocycles. The van der Waals surface area contributed by atoms with Crippen LogP contribution < -0.4 is 16.4 Å². The summed E-state index contributed by atoms with van der Waals surface area (Å²) in [6, 6.07) is 7.84. The summed E-state index contributed by atoms with van der Waals surface area (Å²) in [6.45, 7) is 2.11. The van der Waals surface area contributed by atoms with E-state index in [9.17, 15) is 9.59 Å². The summed E-state index contributed by atoms with van der Waals surface area (Å²) in [5, 5.41) is 5.96. The summed E-state index contributed by atoms with van der Waals surface area (Å²) in [4.78, 5) is 26.7. The van der Waals surface area contributed by atoms with Crippen LogP contribution in [-0.2, 0) is 11.2 Å². The van der Waals surface area contributed by atoms with Crippen LogP contribution in [0.1, 0.15) is 57.4 Å². The Morgan fingerprint density at radius 1 is 1.11 bits per heavy atom. The number of aryl methyl sites for hydroxylation is 1. The molecule has 0 spiro atoms. The minimum Gasteiger partial charge on any atom is -0.341 e. The van der Waals surface area contributed by atoms with Crippen molar-refractivity contribution in [3.05, 3.63) is 29.8 Å². The Hall–Kier alpha value is -2.08. The molecular weight excluding hydrogens is 352 g/mol. The molecular formula is C22H34N4O2. The largest absolute Gasteiger partial charge is 0.341 e. The molecule has 6 nitrogen and oxygen atoms in total. The maximum Gasteiger partial charge on any atom is 0.319 e. The van der Waals surface area contributed by atoms with Crippen molar-refractivity contribution < 1.29 is 9.59 Å². The zero-order valence-electron chi connectivity index (χ0n) is 17.1. The minimum atomic E-state index is -0.419. The van der Waals surface area contributed by atoms with E-state index in [1.807, 2.05) is 36.2 Å². The van der Waals surface area contributed by atoms with Gasteiger partial charge in [-0.3, -0.25) is 4.79 Å². The molecule has 1 atom stereocenters. The Labute approximate surface area is 168 Å². The van der Waals surface area contributed by atoms with Gasteiger partial charge in [0.25, 0.3) is 0 Å². The lowest BCUT2D eigenvalue weighted by Crippen LogP contribution is -2.52. The van der Waals surface area contributed by atoms with Gasteiger partial charge in [-0.2, -0.15) is 0 Å². The molecule has 0 unspecified atom stereocenters. The standard InChI is InChI=1S/C22H34N4O2/c1-3-15-7-11-17(12-8-15)24-22(28)25-18-13-9-16(10-14-18)20(23)21(27)26(2)19-5-4-6-19/h7-8,11-12,16,18-20H,3-6,9-10,13-14,23H2,1-2H3,(H2,24,25,28)/t16?,18?,20-/m0/s1. The van der Waals surface area contributed by atoms with Crippen LogP contribution in [0.15, 0.2) is 24.3 Å². The van der Waals surface area contributed by atoms with E-state index in [0.717, 1.165) is 50.6 Å². The predicted molar refractivity (Wildman–Crippen MR) is 112 cm³/mol. The summed E-state index contributed by atoms with van der Waals surface area (Å²) >= 11 is 0. The number of hydrogen-bond donors (Lipinski definition) is 3. The summed E-state index contributed by atoms with van der Waals surface area (Å²) in [7, 11) is 1.89. The van der Waals surface area contributed by atoms with E-state index in [2.05, 4.69) is 17.6 Å². The van der Waals surface area contributed by atoms with Crippen molar-refractivity contribution >= 4 is 17.6 Å². The monoisotopic (exact) mass is 386 g/mol. The van der Waals surface area contributed by atoms with Gasteiger partial charge >= 0.3 is 6.03 Å². The second-order valence-corrected chi connectivity index (χ2v) is 8.32. The topological polar surface area (TPSA) is 87.5 Å². The first-order valence-electron chi connectivity index (χ1n) is 10.7. The van der Waals surface area contributed by atoms with Gasteiger partial charge in [0.1, 0.15) is 0 Å². The van der Waals surface area contributed by atoms with Gasteiger partial charge in [-0.1, -0.05) is 19.1 Å². The van der Waals surface area contributed by atoms with Crippen LogP contribution in [0.2, 0.25) is 0 Å². The number of hydrogen-bond acceptors (Lipinski definition) is 3. The van der Waals surface area contributed by atoms with Gasteiger partial charge in [0.2, 0.25) is 5.91 Å². The Bertz CT molecular complexity index is 664. The van der Waals surface area contributed by atoms with E-state index in [1.165, 1.54) is 12.0 Å². The third-order valence-corrected chi connectivity index (χ3v) is 6.49. The van der Waals surface area contributed by atoms with Gasteiger partial charge in [-0.05, 0) is 75.0 Å². The summed E-state index contributed by atoms with van der Waals surface area (Å²) in [6.07, 6.45) is 7.87. The van der Waals surface area contributed by atoms with Gasteiger partial charge in [-0.25, -0.2) is 4.79 Å². The number of likely N-dealkylation sites (N-methyl/N-ethyl adjacent to an activating group) is 1. The number of nitrogens with zero attached hydrogens (tertiary/aromatic N) is 1. The van der Waals surface area contributed by atoms with Gasteiger partial charge in [0.15, 0.2) is 0 Å². The van der Waals surface area contributed by atoms with Gasteiger partial charge in [0, 0.05) is 24.8 Å². The average Bonchev–Trinajstić information content (AvgIpc) is 2.66. The maximum atomic E-state index is 12.6. The van der Waals surface area contributed by atoms with Crippen molar-refractivity contribution in [1.82, 2.24) is 10.2 Å². The molecule has 1 aromatic rings. The number of rotatable bonds is 6. The third-order valence-electron chi connectivity index (χ3n) is 6.49. The molecule has 2 aliphatic carbocycles. The number of benzene rings is 1. The number of carbonyl (C=O) groups excluding carboxylic acids is 2. The zero-order valence-corrected chi connectivity index (χ0v) is 17.1. The van der Waals surface area contributed by atoms with Crippen molar-refractivity contribution in [1.29, 1.82) is 0 Å². The van der Waals surface area contributed by atoms with Crippen molar-refractivity contribution in [3.8, 4) is 0 Å². The highest BCUT2D eigenvalue weighted by Crippen LogP contribution is 2.29. The maximum absolute atomic E-state index is 12.6. The van der Waals surface area contributed by atoms with Crippen LogP contribution in [0.4, 0.5) is 10.5 Å². The Kier molecular flexibility index (Phi) is 6.94. The van der Waals surface area contributed by atoms with E-state index in [4.69, 9.17) is 5.73 Å². The molecule has 0 saturated heterocycles. The summed E-state index contributed by atoms with van der Waals surface area (Å²) in [5.74, 6) is 0.284. The van der Waals surface area contributed by atoms with E-state index in [-0.39, 0.29) is 23.9 Å². The molecule has 3 amide bonds. The first-order chi connectivity index (χ1) is 13.5. The molecule has 0 aliphatic heterocycles. The summed E-state index contributed by atoms with van der Waals surface area (Å²) < 4.78 is 0. The molecule has 1 aromatic carbocycles. The predicted octanol–water partition coefficient (Wildman–Crippen LogP) is 3.27. The van der Waals surface area contributed by atoms with Crippen molar-refractivity contribution in [2.75, 3.05) is 12.4 Å². The Morgan fingerprint density at radius 2 is 1.75 bits per heavy atom. The van der Waals surface area contributed by atoms with E-state index in [0.29, 0.717) is 6.04 Å². The molecule has 2 saturated carbocycles. The van der Waals surface area contributed by atoms with Crippen LogP contribution in [0, 0.1) is 5.92 Å². The van der Waals surface area contributed by atoms with Gasteiger partial charge in [-0.15, -0.1) is 0 Å². The smallest absolute Gasteiger partial charge is 0.319 e. The second-order valence-electron chi connectivity index (χ2n) is 8.32. The normalized spacial score (nSPS) is 23.4. The van der Waals surface area contributed by atoms with E-state index < -0.39 is 6.04 Å². The molecule has 2 fully saturated rings. The molecule has 2 aliphatic rings. The lowest BCUT2D eigenvalue weighted by molar-refractivity contribution is -0.136. The molecule has 3 rings (SSSR count). The summed E-state index contributed by atoms with van der Waals surface area (Å²) in [5.41, 5.74) is 8.34. The molecule has 6 heteroatoms. The van der Waals surface area contributed by atoms with Crippen LogP contribution in [0.5, 0.6) is 0 Å². The third kappa shape index (κ3) is 5.04. The zero-order chi connectivity index (χ0) is 20.1. The lowest BCUT2D eigenvalue weighted by Gasteiger charge is -2.38. The number of nitrogens with two attached hydrogens (primary N) is 1. The highest BCUT2D eigenvalue weighted by molar-refractivity contribution is 5.89. The number of carbonyl (C=O) groups is 2. The fourth-order valence-electron chi connectivity index (χ4n) is 4.19. The van der Waals surface area contributed by atoms with Crippen LogP contribution in [0.3, 0.4) is 0 Å². The molecule has 28 heavy (non-hydrogen) atoms. The molecule has 0 bridgehead atoms. The number of anilines is 1. The lowest BCUT2D eigenvalue weighted by atomic mass is 9.81. The molecule has 0 heterocycles. The highest BCUT2D eigenvalue weighted by atomic mass is 16.2. The van der Waals surface area contributed by atoms with E-state index >= 15 is 0 Å². The SMILES string of the molecule is CCc1ccc(NC(=O)NC2CCC([C@H](N)C(=O)N(C)C3CCC3)CC2)cc1. The fraction of sp³-hybridized carbons (Fsp3) is 0.636. The first kappa shape index (κ1) is 20.6. The second kappa shape index (κ2) is 9.41. The first-order valence-corrected chi connectivity index (χ1v) is 10.7. The van der Waals surface area contributed by atoms with E-state index in [1.54, 1.807) is 0 Å².